The summed E-state index contributed by atoms with van der Waals surface area (Å²) in [5, 5.41) is 9.07. The number of allylic oxidation sites excluding steroid dienone is 1. The molecule has 3 saturated carbocycles. The Labute approximate surface area is 197 Å². The van der Waals surface area contributed by atoms with Gasteiger partial charge in [-0.15, -0.1) is 0 Å². The molecule has 6 atom stereocenters. The van der Waals surface area contributed by atoms with Gasteiger partial charge in [0.05, 0.1) is 24.9 Å². The third-order valence-corrected chi connectivity index (χ3v) is 9.20. The zero-order valence-corrected chi connectivity index (χ0v) is 19.8. The van der Waals surface area contributed by atoms with Crippen molar-refractivity contribution in [1.29, 1.82) is 0 Å². The van der Waals surface area contributed by atoms with Gasteiger partial charge in [0.25, 0.3) is 0 Å². The lowest BCUT2D eigenvalue weighted by Gasteiger charge is -2.58. The second-order valence-corrected chi connectivity index (χ2v) is 11.0. The van der Waals surface area contributed by atoms with Crippen molar-refractivity contribution in [2.75, 3.05) is 13.2 Å². The summed E-state index contributed by atoms with van der Waals surface area (Å²) in [7, 11) is 0. The van der Waals surface area contributed by atoms with Crippen LogP contribution in [0.3, 0.4) is 0 Å². The Morgan fingerprint density at radius 2 is 1.94 bits per heavy atom. The number of benzene rings is 1. The summed E-state index contributed by atoms with van der Waals surface area (Å²) in [4.78, 5) is 11.1. The Morgan fingerprint density at radius 3 is 2.67 bits per heavy atom. The fourth-order valence-corrected chi connectivity index (χ4v) is 7.37. The minimum absolute atomic E-state index is 0.0216. The first-order valence-corrected chi connectivity index (χ1v) is 12.9. The molecule has 1 N–H and O–H groups in total. The predicted octanol–water partition coefficient (Wildman–Crippen LogP) is 6.08. The van der Waals surface area contributed by atoms with E-state index in [-0.39, 0.29) is 17.3 Å². The van der Waals surface area contributed by atoms with Gasteiger partial charge in [-0.3, -0.25) is 0 Å². The Kier molecular flexibility index (Phi) is 6.54. The van der Waals surface area contributed by atoms with Crippen molar-refractivity contribution in [3.05, 3.63) is 42.0 Å². The molecule has 1 saturated heterocycles. The van der Waals surface area contributed by atoms with Gasteiger partial charge in [-0.1, -0.05) is 31.9 Å². The third-order valence-electron chi connectivity index (χ3n) is 9.20. The maximum absolute atomic E-state index is 11.1. The summed E-state index contributed by atoms with van der Waals surface area (Å²) in [6.45, 7) is 8.40. The molecule has 3 aliphatic carbocycles. The van der Waals surface area contributed by atoms with Crippen molar-refractivity contribution >= 4 is 5.97 Å². The number of fused-ring (bicyclic) bond motifs is 3. The van der Waals surface area contributed by atoms with E-state index < -0.39 is 5.97 Å². The minimum atomic E-state index is -0.917. The van der Waals surface area contributed by atoms with Gasteiger partial charge < -0.3 is 19.3 Å². The summed E-state index contributed by atoms with van der Waals surface area (Å²) in [5.41, 5.74) is 1.85. The van der Waals surface area contributed by atoms with Gasteiger partial charge in [0.2, 0.25) is 0 Å². The van der Waals surface area contributed by atoms with E-state index in [1.54, 1.807) is 24.3 Å². The molecule has 0 spiro atoms. The smallest absolute Gasteiger partial charge is 0.335 e. The fraction of sp³-hybridized carbons (Fsp3) is 0.679. The van der Waals surface area contributed by atoms with Crippen LogP contribution >= 0.6 is 0 Å². The van der Waals surface area contributed by atoms with Crippen LogP contribution in [0.2, 0.25) is 0 Å². The quantitative estimate of drug-likeness (QED) is 0.528. The molecule has 5 heteroatoms. The van der Waals surface area contributed by atoms with E-state index in [1.165, 1.54) is 44.1 Å². The first-order valence-electron chi connectivity index (χ1n) is 12.9. The minimum Gasteiger partial charge on any atom is -0.494 e. The number of carboxylic acids is 1. The van der Waals surface area contributed by atoms with E-state index >= 15 is 0 Å². The summed E-state index contributed by atoms with van der Waals surface area (Å²) in [6.07, 6.45) is 11.0. The summed E-state index contributed by atoms with van der Waals surface area (Å²) in [5.74, 6) is 1.93. The van der Waals surface area contributed by atoms with Crippen molar-refractivity contribution in [2.24, 2.45) is 29.1 Å². The lowest BCUT2D eigenvalue weighted by molar-refractivity contribution is -0.284. The molecule has 33 heavy (non-hydrogen) atoms. The van der Waals surface area contributed by atoms with Gasteiger partial charge >= 0.3 is 5.97 Å². The van der Waals surface area contributed by atoms with Crippen molar-refractivity contribution in [3.8, 4) is 5.75 Å². The van der Waals surface area contributed by atoms with Crippen LogP contribution in [0.5, 0.6) is 5.75 Å². The molecular weight excluding hydrogens is 416 g/mol. The van der Waals surface area contributed by atoms with Crippen LogP contribution in [0.15, 0.2) is 36.4 Å². The monoisotopic (exact) mass is 454 g/mol. The zero-order chi connectivity index (χ0) is 23.0. The van der Waals surface area contributed by atoms with Crippen LogP contribution in [0.1, 0.15) is 75.1 Å². The van der Waals surface area contributed by atoms with Crippen LogP contribution in [0, 0.1) is 29.1 Å². The largest absolute Gasteiger partial charge is 0.494 e. The third kappa shape index (κ3) is 4.46. The molecule has 1 aromatic carbocycles. The second kappa shape index (κ2) is 9.42. The van der Waals surface area contributed by atoms with E-state index in [1.807, 2.05) is 0 Å². The van der Waals surface area contributed by atoms with Gasteiger partial charge in [0.1, 0.15) is 5.75 Å². The van der Waals surface area contributed by atoms with Crippen LogP contribution in [0.25, 0.3) is 0 Å². The number of rotatable bonds is 6. The van der Waals surface area contributed by atoms with Crippen LogP contribution in [0.4, 0.5) is 0 Å². The first-order chi connectivity index (χ1) is 16.0. The average Bonchev–Trinajstić information content (AvgIpc) is 3.35. The number of carboxylic acid groups (broad SMARTS) is 1. The highest BCUT2D eigenvalue weighted by Gasteiger charge is 2.54. The van der Waals surface area contributed by atoms with E-state index in [0.717, 1.165) is 31.6 Å². The Morgan fingerprint density at radius 1 is 1.18 bits per heavy atom. The van der Waals surface area contributed by atoms with E-state index in [9.17, 15) is 4.79 Å². The average molecular weight is 455 g/mol. The number of ether oxygens (including phenoxy) is 3. The molecule has 0 radical (unpaired) electrons. The normalized spacial score (nSPS) is 36.8. The maximum atomic E-state index is 11.1. The molecule has 5 rings (SSSR count). The number of hydrogen-bond donors (Lipinski definition) is 1. The van der Waals surface area contributed by atoms with Crippen LogP contribution < -0.4 is 4.74 Å². The topological polar surface area (TPSA) is 65.0 Å². The van der Waals surface area contributed by atoms with Crippen molar-refractivity contribution < 1.29 is 24.1 Å². The van der Waals surface area contributed by atoms with Crippen molar-refractivity contribution in [3.63, 3.8) is 0 Å². The Balaban J connectivity index is 1.21. The van der Waals surface area contributed by atoms with Gasteiger partial charge in [0.15, 0.2) is 6.29 Å². The highest BCUT2D eigenvalue weighted by atomic mass is 16.7. The molecule has 1 aromatic rings. The molecule has 0 bridgehead atoms. The predicted molar refractivity (Wildman–Crippen MR) is 126 cm³/mol. The van der Waals surface area contributed by atoms with Crippen LogP contribution in [-0.4, -0.2) is 36.7 Å². The highest BCUT2D eigenvalue weighted by Crippen LogP contribution is 2.59. The molecule has 180 valence electrons. The Bertz CT molecular complexity index is 858. The molecular formula is C28H38O5. The van der Waals surface area contributed by atoms with E-state index in [4.69, 9.17) is 19.3 Å². The molecule has 1 aliphatic heterocycles. The van der Waals surface area contributed by atoms with Crippen LogP contribution in [-0.2, 0) is 9.47 Å². The maximum Gasteiger partial charge on any atom is 0.335 e. The second-order valence-electron chi connectivity index (χ2n) is 11.0. The summed E-state index contributed by atoms with van der Waals surface area (Å²) in [6, 6.07) is 6.67. The summed E-state index contributed by atoms with van der Waals surface area (Å²) >= 11 is 0. The fourth-order valence-electron chi connectivity index (χ4n) is 7.37. The molecule has 5 nitrogen and oxygen atoms in total. The molecule has 0 aromatic heterocycles. The van der Waals surface area contributed by atoms with Gasteiger partial charge in [-0.2, -0.15) is 0 Å². The van der Waals surface area contributed by atoms with Gasteiger partial charge in [-0.05, 0) is 86.5 Å². The zero-order valence-electron chi connectivity index (χ0n) is 19.8. The lowest BCUT2D eigenvalue weighted by atomic mass is 9.50. The highest BCUT2D eigenvalue weighted by molar-refractivity contribution is 5.87. The SMILES string of the molecule is C=C1CCC2C3CO[C@@H](C4CCCC4)OC3CCC2(C)C1CCOc1ccc(C(=O)O)cc1. The molecule has 5 unspecified atom stereocenters. The van der Waals surface area contributed by atoms with Crippen molar-refractivity contribution in [1.82, 2.24) is 0 Å². The van der Waals surface area contributed by atoms with Gasteiger partial charge in [-0.25, -0.2) is 4.79 Å². The number of hydrogen-bond acceptors (Lipinski definition) is 4. The molecule has 1 heterocycles. The number of aromatic carboxylic acids is 1. The van der Waals surface area contributed by atoms with Crippen molar-refractivity contribution in [2.45, 2.75) is 77.1 Å². The van der Waals surface area contributed by atoms with Gasteiger partial charge in [0, 0.05) is 11.8 Å². The summed E-state index contributed by atoms with van der Waals surface area (Å²) < 4.78 is 18.9. The standard InChI is InChI=1S/C28H38O5/c1-18-7-12-24-22-17-32-27(20-5-3-4-6-20)33-25(22)13-15-28(24,2)23(18)14-16-31-21-10-8-19(9-11-21)26(29)30/h8-11,20,22-25,27H,1,3-7,12-17H2,2H3,(H,29,30)/t22?,23?,24?,25?,27-,28?/m1/s1. The molecule has 4 aliphatic rings. The number of carbonyl (C=O) groups is 1. The molecule has 0 amide bonds. The van der Waals surface area contributed by atoms with E-state index in [2.05, 4.69) is 13.5 Å². The Hall–Kier alpha value is -1.85. The van der Waals surface area contributed by atoms with E-state index in [0.29, 0.717) is 36.4 Å². The lowest BCUT2D eigenvalue weighted by Crippen LogP contribution is -2.56. The molecule has 4 fully saturated rings. The first kappa shape index (κ1) is 22.9.